The van der Waals surface area contributed by atoms with Crippen LogP contribution < -0.4 is 10.6 Å². The molecule has 2 aromatic rings. The summed E-state index contributed by atoms with van der Waals surface area (Å²) in [5, 5.41) is 5.53. The summed E-state index contributed by atoms with van der Waals surface area (Å²) in [6.07, 6.45) is 0. The molecule has 4 heteroatoms. The molecule has 0 saturated carbocycles. The number of carbonyl (C=O) groups is 2. The molecule has 0 aromatic heterocycles. The Bertz CT molecular complexity index is 769. The second-order valence-corrected chi connectivity index (χ2v) is 6.59. The van der Waals surface area contributed by atoms with Gasteiger partial charge in [0.25, 0.3) is 0 Å². The smallest absolute Gasteiger partial charge is 0.309 e. The molecule has 0 spiro atoms. The van der Waals surface area contributed by atoms with E-state index in [1.165, 1.54) is 11.1 Å². The van der Waals surface area contributed by atoms with E-state index in [0.717, 1.165) is 16.7 Å². The number of amides is 2. The van der Waals surface area contributed by atoms with E-state index in [2.05, 4.69) is 29.7 Å². The second kappa shape index (κ2) is 7.97. The van der Waals surface area contributed by atoms with Crippen molar-refractivity contribution in [1.82, 2.24) is 10.6 Å². The van der Waals surface area contributed by atoms with Gasteiger partial charge in [0, 0.05) is 0 Å². The lowest BCUT2D eigenvalue weighted by atomic mass is 9.96. The van der Waals surface area contributed by atoms with Gasteiger partial charge in [-0.2, -0.15) is 0 Å². The summed E-state index contributed by atoms with van der Waals surface area (Å²) < 4.78 is 0. The van der Waals surface area contributed by atoms with Crippen LogP contribution in [0.1, 0.15) is 53.7 Å². The lowest BCUT2D eigenvalue weighted by Crippen LogP contribution is -2.42. The zero-order valence-electron chi connectivity index (χ0n) is 15.5. The van der Waals surface area contributed by atoms with Crippen molar-refractivity contribution in [2.24, 2.45) is 0 Å². The Morgan fingerprint density at radius 3 is 1.88 bits per heavy atom. The minimum Gasteiger partial charge on any atom is -0.341 e. The summed E-state index contributed by atoms with van der Waals surface area (Å²) in [5.74, 6) is -1.24. The Balaban J connectivity index is 2.01. The summed E-state index contributed by atoms with van der Waals surface area (Å²) >= 11 is 0. The molecular weight excluding hydrogens is 312 g/mol. The highest BCUT2D eigenvalue weighted by atomic mass is 16.2. The zero-order valence-corrected chi connectivity index (χ0v) is 15.5. The van der Waals surface area contributed by atoms with Crippen LogP contribution >= 0.6 is 0 Å². The molecule has 2 aromatic carbocycles. The highest BCUT2D eigenvalue weighted by molar-refractivity contribution is 6.35. The fourth-order valence-electron chi connectivity index (χ4n) is 2.88. The van der Waals surface area contributed by atoms with Gasteiger partial charge in [-0.25, -0.2) is 0 Å². The third kappa shape index (κ3) is 4.69. The summed E-state index contributed by atoms with van der Waals surface area (Å²) in [6, 6.07) is 13.3. The average Bonchev–Trinajstić information content (AvgIpc) is 2.58. The van der Waals surface area contributed by atoms with E-state index >= 15 is 0 Å². The normalized spacial score (nSPS) is 13.0. The van der Waals surface area contributed by atoms with Gasteiger partial charge in [0.1, 0.15) is 0 Å². The van der Waals surface area contributed by atoms with Crippen molar-refractivity contribution < 1.29 is 9.59 Å². The van der Waals surface area contributed by atoms with Gasteiger partial charge in [0.2, 0.25) is 0 Å². The van der Waals surface area contributed by atoms with Crippen molar-refractivity contribution in [3.63, 3.8) is 0 Å². The SMILES string of the molecule is Cc1cc(C)c([C@@H](C)NC(=O)C(=O)N[C@H](C)c2ccccc2)cc1C. The number of carbonyl (C=O) groups excluding carboxylic acids is 2. The monoisotopic (exact) mass is 338 g/mol. The first-order valence-corrected chi connectivity index (χ1v) is 8.53. The Morgan fingerprint density at radius 1 is 0.760 bits per heavy atom. The predicted octanol–water partition coefficient (Wildman–Crippen LogP) is 3.67. The van der Waals surface area contributed by atoms with Gasteiger partial charge in [-0.3, -0.25) is 9.59 Å². The van der Waals surface area contributed by atoms with Gasteiger partial charge in [-0.05, 0) is 62.4 Å². The Labute approximate surface area is 149 Å². The topological polar surface area (TPSA) is 58.2 Å². The van der Waals surface area contributed by atoms with Crippen LogP contribution in [0.3, 0.4) is 0 Å². The number of rotatable bonds is 4. The van der Waals surface area contributed by atoms with Gasteiger partial charge in [0.15, 0.2) is 0 Å². The van der Waals surface area contributed by atoms with E-state index in [1.54, 1.807) is 0 Å². The maximum absolute atomic E-state index is 12.2. The maximum atomic E-state index is 12.2. The van der Waals surface area contributed by atoms with Crippen molar-refractivity contribution in [2.45, 2.75) is 46.7 Å². The molecule has 2 atom stereocenters. The average molecular weight is 338 g/mol. The minimum atomic E-state index is -0.621. The molecule has 0 saturated heterocycles. The van der Waals surface area contributed by atoms with Gasteiger partial charge in [0.05, 0.1) is 12.1 Å². The molecule has 0 aliphatic heterocycles. The standard InChI is InChI=1S/C21H26N2O2/c1-13-11-15(3)19(12-14(13)2)17(5)23-21(25)20(24)22-16(4)18-9-7-6-8-10-18/h6-12,16-17H,1-5H3,(H,22,24)(H,23,25)/t16-,17-/m1/s1. The van der Waals surface area contributed by atoms with Crippen molar-refractivity contribution >= 4 is 11.8 Å². The van der Waals surface area contributed by atoms with Crippen LogP contribution in [0.15, 0.2) is 42.5 Å². The first kappa shape index (κ1) is 18.7. The lowest BCUT2D eigenvalue weighted by Gasteiger charge is -2.19. The van der Waals surface area contributed by atoms with Crippen LogP contribution in [0.25, 0.3) is 0 Å². The molecule has 132 valence electrons. The third-order valence-corrected chi connectivity index (χ3v) is 4.55. The molecule has 0 bridgehead atoms. The summed E-state index contributed by atoms with van der Waals surface area (Å²) in [6.45, 7) is 9.87. The van der Waals surface area contributed by atoms with E-state index in [9.17, 15) is 9.59 Å². The van der Waals surface area contributed by atoms with Crippen LogP contribution in [-0.4, -0.2) is 11.8 Å². The predicted molar refractivity (Wildman–Crippen MR) is 100 cm³/mol. The fourth-order valence-corrected chi connectivity index (χ4v) is 2.88. The molecule has 0 heterocycles. The minimum absolute atomic E-state index is 0.224. The highest BCUT2D eigenvalue weighted by Gasteiger charge is 2.20. The number of aryl methyl sites for hydroxylation is 3. The summed E-state index contributed by atoms with van der Waals surface area (Å²) in [4.78, 5) is 24.4. The molecule has 0 fully saturated rings. The number of hydrogen-bond acceptors (Lipinski definition) is 2. The number of hydrogen-bond donors (Lipinski definition) is 2. The van der Waals surface area contributed by atoms with E-state index in [1.807, 2.05) is 58.0 Å². The van der Waals surface area contributed by atoms with Crippen molar-refractivity contribution in [1.29, 1.82) is 0 Å². The quantitative estimate of drug-likeness (QED) is 0.836. The summed E-state index contributed by atoms with van der Waals surface area (Å²) in [5.41, 5.74) is 5.48. The van der Waals surface area contributed by atoms with E-state index in [0.29, 0.717) is 0 Å². The Hall–Kier alpha value is -2.62. The molecule has 4 nitrogen and oxygen atoms in total. The first-order chi connectivity index (χ1) is 11.8. The van der Waals surface area contributed by atoms with Crippen LogP contribution in [0.4, 0.5) is 0 Å². The van der Waals surface area contributed by atoms with E-state index in [4.69, 9.17) is 0 Å². The van der Waals surface area contributed by atoms with Gasteiger partial charge < -0.3 is 10.6 Å². The van der Waals surface area contributed by atoms with Crippen LogP contribution in [0, 0.1) is 20.8 Å². The lowest BCUT2D eigenvalue weighted by molar-refractivity contribution is -0.140. The molecule has 25 heavy (non-hydrogen) atoms. The van der Waals surface area contributed by atoms with Gasteiger partial charge >= 0.3 is 11.8 Å². The number of benzene rings is 2. The molecule has 0 aliphatic carbocycles. The fraction of sp³-hybridized carbons (Fsp3) is 0.333. The summed E-state index contributed by atoms with van der Waals surface area (Å²) in [7, 11) is 0. The van der Waals surface area contributed by atoms with Crippen LogP contribution in [0.2, 0.25) is 0 Å². The molecule has 0 aliphatic rings. The highest BCUT2D eigenvalue weighted by Crippen LogP contribution is 2.21. The Kier molecular flexibility index (Phi) is 5.97. The molecule has 0 radical (unpaired) electrons. The molecule has 2 rings (SSSR count). The second-order valence-electron chi connectivity index (χ2n) is 6.59. The Morgan fingerprint density at radius 2 is 1.28 bits per heavy atom. The van der Waals surface area contributed by atoms with Crippen molar-refractivity contribution in [3.8, 4) is 0 Å². The van der Waals surface area contributed by atoms with E-state index in [-0.39, 0.29) is 12.1 Å². The van der Waals surface area contributed by atoms with E-state index < -0.39 is 11.8 Å². The van der Waals surface area contributed by atoms with Crippen molar-refractivity contribution in [3.05, 3.63) is 70.3 Å². The molecule has 2 N–H and O–H groups in total. The maximum Gasteiger partial charge on any atom is 0.309 e. The molecular formula is C21H26N2O2. The van der Waals surface area contributed by atoms with Gasteiger partial charge in [-0.1, -0.05) is 42.5 Å². The number of nitrogens with one attached hydrogen (secondary N) is 2. The third-order valence-electron chi connectivity index (χ3n) is 4.55. The molecule has 0 unspecified atom stereocenters. The largest absolute Gasteiger partial charge is 0.341 e. The zero-order chi connectivity index (χ0) is 18.6. The molecule has 2 amide bonds. The van der Waals surface area contributed by atoms with Crippen LogP contribution in [-0.2, 0) is 9.59 Å². The van der Waals surface area contributed by atoms with Crippen LogP contribution in [0.5, 0.6) is 0 Å². The van der Waals surface area contributed by atoms with Crippen molar-refractivity contribution in [2.75, 3.05) is 0 Å². The first-order valence-electron chi connectivity index (χ1n) is 8.53. The van der Waals surface area contributed by atoms with Gasteiger partial charge in [-0.15, -0.1) is 0 Å².